The fraction of sp³-hybridized carbons (Fsp3) is 0.706. The SMILES string of the molecule is CC(C)c1cc(CN)cc(OC2CCC(C)C(C)C2)n1. The molecule has 0 aliphatic heterocycles. The minimum Gasteiger partial charge on any atom is -0.474 e. The van der Waals surface area contributed by atoms with E-state index in [1.54, 1.807) is 0 Å². The highest BCUT2D eigenvalue weighted by Crippen LogP contribution is 2.32. The standard InChI is InChI=1S/C17H28N2O/c1-11(2)16-8-14(10-18)9-17(19-16)20-15-6-5-12(3)13(4)7-15/h8-9,11-13,15H,5-7,10,18H2,1-4H3. The fourth-order valence-electron chi connectivity index (χ4n) is 2.83. The van der Waals surface area contributed by atoms with Crippen LogP contribution in [-0.2, 0) is 6.54 Å². The number of aromatic nitrogens is 1. The van der Waals surface area contributed by atoms with Crippen LogP contribution in [-0.4, -0.2) is 11.1 Å². The minimum atomic E-state index is 0.307. The van der Waals surface area contributed by atoms with Gasteiger partial charge in [-0.05, 0) is 48.6 Å². The zero-order chi connectivity index (χ0) is 14.7. The number of rotatable bonds is 4. The molecule has 1 aromatic heterocycles. The summed E-state index contributed by atoms with van der Waals surface area (Å²) >= 11 is 0. The summed E-state index contributed by atoms with van der Waals surface area (Å²) in [5, 5.41) is 0. The molecule has 0 amide bonds. The van der Waals surface area contributed by atoms with Crippen molar-refractivity contribution in [3.05, 3.63) is 23.4 Å². The van der Waals surface area contributed by atoms with Crippen molar-refractivity contribution < 1.29 is 4.74 Å². The van der Waals surface area contributed by atoms with Crippen LogP contribution in [0.5, 0.6) is 5.88 Å². The van der Waals surface area contributed by atoms with Gasteiger partial charge in [0.2, 0.25) is 5.88 Å². The van der Waals surface area contributed by atoms with Gasteiger partial charge in [0, 0.05) is 18.3 Å². The molecule has 1 aliphatic rings. The number of hydrogen-bond acceptors (Lipinski definition) is 3. The van der Waals surface area contributed by atoms with Crippen LogP contribution in [0.15, 0.2) is 12.1 Å². The summed E-state index contributed by atoms with van der Waals surface area (Å²) in [6.07, 6.45) is 3.82. The van der Waals surface area contributed by atoms with Gasteiger partial charge in [-0.2, -0.15) is 0 Å². The molecule has 1 aliphatic carbocycles. The first kappa shape index (κ1) is 15.3. The van der Waals surface area contributed by atoms with E-state index in [9.17, 15) is 0 Å². The van der Waals surface area contributed by atoms with Gasteiger partial charge in [-0.1, -0.05) is 27.7 Å². The Morgan fingerprint density at radius 3 is 2.60 bits per heavy atom. The Bertz CT molecular complexity index is 445. The maximum Gasteiger partial charge on any atom is 0.214 e. The van der Waals surface area contributed by atoms with E-state index in [4.69, 9.17) is 10.5 Å². The van der Waals surface area contributed by atoms with Crippen LogP contribution >= 0.6 is 0 Å². The van der Waals surface area contributed by atoms with Crippen molar-refractivity contribution in [3.63, 3.8) is 0 Å². The smallest absolute Gasteiger partial charge is 0.214 e. The maximum atomic E-state index is 6.14. The number of pyridine rings is 1. The van der Waals surface area contributed by atoms with E-state index < -0.39 is 0 Å². The highest BCUT2D eigenvalue weighted by molar-refractivity contribution is 5.26. The fourth-order valence-corrected chi connectivity index (χ4v) is 2.83. The Morgan fingerprint density at radius 2 is 2.00 bits per heavy atom. The predicted molar refractivity (Wildman–Crippen MR) is 82.8 cm³/mol. The lowest BCUT2D eigenvalue weighted by molar-refractivity contribution is 0.0961. The molecule has 0 saturated heterocycles. The second-order valence-corrected chi connectivity index (χ2v) is 6.60. The third-order valence-electron chi connectivity index (χ3n) is 4.55. The summed E-state index contributed by atoms with van der Waals surface area (Å²) < 4.78 is 6.14. The normalized spacial score (nSPS) is 26.8. The summed E-state index contributed by atoms with van der Waals surface area (Å²) in [5.74, 6) is 2.69. The zero-order valence-electron chi connectivity index (χ0n) is 13.2. The van der Waals surface area contributed by atoms with Gasteiger partial charge in [0.1, 0.15) is 6.10 Å². The van der Waals surface area contributed by atoms with E-state index in [-0.39, 0.29) is 0 Å². The third kappa shape index (κ3) is 3.72. The van der Waals surface area contributed by atoms with E-state index in [0.29, 0.717) is 18.6 Å². The predicted octanol–water partition coefficient (Wildman–Crippen LogP) is 3.87. The van der Waals surface area contributed by atoms with Crippen molar-refractivity contribution in [2.24, 2.45) is 17.6 Å². The van der Waals surface area contributed by atoms with Crippen LogP contribution in [0.2, 0.25) is 0 Å². The third-order valence-corrected chi connectivity index (χ3v) is 4.55. The first-order valence-electron chi connectivity index (χ1n) is 7.87. The molecule has 2 rings (SSSR count). The molecule has 0 aromatic carbocycles. The molecular formula is C17H28N2O. The van der Waals surface area contributed by atoms with Gasteiger partial charge in [-0.25, -0.2) is 4.98 Å². The minimum absolute atomic E-state index is 0.307. The van der Waals surface area contributed by atoms with E-state index in [2.05, 4.69) is 38.7 Å². The average Bonchev–Trinajstić information content (AvgIpc) is 2.42. The highest BCUT2D eigenvalue weighted by Gasteiger charge is 2.26. The second kappa shape index (κ2) is 6.57. The molecule has 1 aromatic rings. The summed E-state index contributed by atoms with van der Waals surface area (Å²) in [5.41, 5.74) is 7.95. The molecular weight excluding hydrogens is 248 g/mol. The number of hydrogen-bond donors (Lipinski definition) is 1. The van der Waals surface area contributed by atoms with Gasteiger partial charge in [0.25, 0.3) is 0 Å². The summed E-state index contributed by atoms with van der Waals surface area (Å²) in [6, 6.07) is 4.08. The van der Waals surface area contributed by atoms with Crippen molar-refractivity contribution in [1.82, 2.24) is 4.98 Å². The maximum absolute atomic E-state index is 6.14. The van der Waals surface area contributed by atoms with Crippen LogP contribution in [0.3, 0.4) is 0 Å². The molecule has 3 atom stereocenters. The Kier molecular flexibility index (Phi) is 5.03. The van der Waals surface area contributed by atoms with Crippen LogP contribution in [0.4, 0.5) is 0 Å². The van der Waals surface area contributed by atoms with Crippen molar-refractivity contribution in [1.29, 1.82) is 0 Å². The molecule has 1 fully saturated rings. The molecule has 112 valence electrons. The largest absolute Gasteiger partial charge is 0.474 e. The summed E-state index contributed by atoms with van der Waals surface area (Å²) in [6.45, 7) is 9.50. The first-order chi connectivity index (χ1) is 9.49. The molecule has 20 heavy (non-hydrogen) atoms. The average molecular weight is 276 g/mol. The molecule has 1 saturated carbocycles. The molecule has 1 heterocycles. The lowest BCUT2D eigenvalue weighted by Gasteiger charge is -2.32. The zero-order valence-corrected chi connectivity index (χ0v) is 13.2. The highest BCUT2D eigenvalue weighted by atomic mass is 16.5. The first-order valence-corrected chi connectivity index (χ1v) is 7.87. The summed E-state index contributed by atoms with van der Waals surface area (Å²) in [7, 11) is 0. The monoisotopic (exact) mass is 276 g/mol. The Morgan fingerprint density at radius 1 is 1.25 bits per heavy atom. The lowest BCUT2D eigenvalue weighted by atomic mass is 9.80. The van der Waals surface area contributed by atoms with E-state index in [1.165, 1.54) is 6.42 Å². The Balaban J connectivity index is 2.10. The van der Waals surface area contributed by atoms with E-state index >= 15 is 0 Å². The van der Waals surface area contributed by atoms with Gasteiger partial charge >= 0.3 is 0 Å². The van der Waals surface area contributed by atoms with E-state index in [1.807, 2.05) is 6.07 Å². The van der Waals surface area contributed by atoms with Crippen LogP contribution in [0.1, 0.15) is 64.1 Å². The summed E-state index contributed by atoms with van der Waals surface area (Å²) in [4.78, 5) is 4.64. The molecule has 3 nitrogen and oxygen atoms in total. The van der Waals surface area contributed by atoms with Crippen LogP contribution in [0.25, 0.3) is 0 Å². The number of nitrogens with zero attached hydrogens (tertiary/aromatic N) is 1. The Hall–Kier alpha value is -1.09. The second-order valence-electron chi connectivity index (χ2n) is 6.60. The number of nitrogens with two attached hydrogens (primary N) is 1. The molecule has 0 radical (unpaired) electrons. The van der Waals surface area contributed by atoms with Crippen LogP contribution < -0.4 is 10.5 Å². The topological polar surface area (TPSA) is 48.1 Å². The quantitative estimate of drug-likeness (QED) is 0.908. The van der Waals surface area contributed by atoms with Gasteiger partial charge < -0.3 is 10.5 Å². The van der Waals surface area contributed by atoms with Crippen molar-refractivity contribution in [2.45, 2.75) is 65.5 Å². The van der Waals surface area contributed by atoms with Crippen molar-refractivity contribution in [3.8, 4) is 5.88 Å². The van der Waals surface area contributed by atoms with Crippen molar-refractivity contribution in [2.75, 3.05) is 0 Å². The lowest BCUT2D eigenvalue weighted by Crippen LogP contribution is -2.29. The van der Waals surface area contributed by atoms with Crippen molar-refractivity contribution >= 4 is 0 Å². The molecule has 3 heteroatoms. The van der Waals surface area contributed by atoms with Crippen LogP contribution in [0, 0.1) is 11.8 Å². The van der Waals surface area contributed by atoms with Gasteiger partial charge in [0.05, 0.1) is 0 Å². The Labute approximate surface area is 122 Å². The molecule has 0 bridgehead atoms. The number of ether oxygens (including phenoxy) is 1. The molecule has 0 spiro atoms. The van der Waals surface area contributed by atoms with Gasteiger partial charge in [-0.3, -0.25) is 0 Å². The molecule has 2 N–H and O–H groups in total. The van der Waals surface area contributed by atoms with Gasteiger partial charge in [-0.15, -0.1) is 0 Å². The van der Waals surface area contributed by atoms with Gasteiger partial charge in [0.15, 0.2) is 0 Å². The molecule has 3 unspecified atom stereocenters. The van der Waals surface area contributed by atoms with E-state index in [0.717, 1.165) is 41.8 Å².